The molecule has 5 nitrogen and oxygen atoms in total. The van der Waals surface area contributed by atoms with Crippen LogP contribution in [-0.2, 0) is 19.1 Å². The Morgan fingerprint density at radius 1 is 0.968 bits per heavy atom. The molecule has 2 aliphatic carbocycles. The number of ketones is 1. The molecule has 0 unspecified atom stereocenters. The number of aryl methyl sites for hydroxylation is 1. The van der Waals surface area contributed by atoms with E-state index in [4.69, 9.17) is 9.47 Å². The molecular weight excluding hydrogens is 392 g/mol. The lowest BCUT2D eigenvalue weighted by Gasteiger charge is -2.34. The molecule has 3 atom stereocenters. The van der Waals surface area contributed by atoms with Crippen LogP contribution in [0.5, 0.6) is 0 Å². The Bertz CT molecular complexity index is 1010. The number of fused-ring (bicyclic) bond motifs is 3. The Hall–Kier alpha value is -2.95. The Morgan fingerprint density at radius 3 is 2.29 bits per heavy atom. The number of hydrogen-bond donors (Lipinski definition) is 0. The van der Waals surface area contributed by atoms with Gasteiger partial charge in [0.25, 0.3) is 0 Å². The minimum atomic E-state index is -1.39. The van der Waals surface area contributed by atoms with Crippen molar-refractivity contribution in [1.82, 2.24) is 0 Å². The molecule has 1 saturated carbocycles. The fourth-order valence-electron chi connectivity index (χ4n) is 5.47. The van der Waals surface area contributed by atoms with E-state index in [-0.39, 0.29) is 37.3 Å². The molecule has 0 spiro atoms. The predicted octanol–water partition coefficient (Wildman–Crippen LogP) is 4.58. The van der Waals surface area contributed by atoms with Crippen molar-refractivity contribution in [3.63, 3.8) is 0 Å². The molecule has 2 aromatic rings. The van der Waals surface area contributed by atoms with Gasteiger partial charge in [-0.15, -0.1) is 0 Å². The summed E-state index contributed by atoms with van der Waals surface area (Å²) >= 11 is 0. The smallest absolute Gasteiger partial charge is 0.323 e. The summed E-state index contributed by atoms with van der Waals surface area (Å²) in [6.07, 6.45) is 0.538. The zero-order valence-electron chi connectivity index (χ0n) is 18.2. The molecule has 0 heterocycles. The normalized spacial score (nSPS) is 23.6. The van der Waals surface area contributed by atoms with Crippen molar-refractivity contribution in [2.24, 2.45) is 11.3 Å². The summed E-state index contributed by atoms with van der Waals surface area (Å²) in [6.45, 7) is 5.83. The number of carbonyl (C=O) groups excluding carboxylic acids is 3. The van der Waals surface area contributed by atoms with Crippen LogP contribution in [-0.4, -0.2) is 30.9 Å². The van der Waals surface area contributed by atoms with Gasteiger partial charge in [-0.25, -0.2) is 0 Å². The van der Waals surface area contributed by atoms with Gasteiger partial charge < -0.3 is 9.47 Å². The molecule has 0 saturated heterocycles. The maximum atomic E-state index is 13.6. The highest BCUT2D eigenvalue weighted by Crippen LogP contribution is 2.59. The number of esters is 2. The molecule has 2 aliphatic rings. The van der Waals surface area contributed by atoms with Crippen LogP contribution in [0.1, 0.15) is 65.6 Å². The van der Waals surface area contributed by atoms with Crippen LogP contribution in [0.2, 0.25) is 0 Å². The van der Waals surface area contributed by atoms with E-state index in [0.29, 0.717) is 12.0 Å². The Balaban J connectivity index is 1.86. The van der Waals surface area contributed by atoms with Gasteiger partial charge in [-0.05, 0) is 56.6 Å². The summed E-state index contributed by atoms with van der Waals surface area (Å²) in [5.41, 5.74) is 2.20. The third-order valence-corrected chi connectivity index (χ3v) is 6.74. The van der Waals surface area contributed by atoms with E-state index in [9.17, 15) is 14.4 Å². The third kappa shape index (κ3) is 3.46. The molecule has 0 aromatic heterocycles. The van der Waals surface area contributed by atoms with Crippen molar-refractivity contribution in [3.05, 3.63) is 70.8 Å². The summed E-state index contributed by atoms with van der Waals surface area (Å²) in [7, 11) is 0. The first-order valence-corrected chi connectivity index (χ1v) is 11.0. The average Bonchev–Trinajstić information content (AvgIpc) is 3.16. The molecule has 0 N–H and O–H groups in total. The number of benzene rings is 2. The Kier molecular flexibility index (Phi) is 5.69. The van der Waals surface area contributed by atoms with Gasteiger partial charge in [0.15, 0.2) is 11.2 Å². The zero-order chi connectivity index (χ0) is 22.2. The SMILES string of the molecule is CCOC(=O)C1(C(=O)OCC)C[C@@H]2[C@H](C1)c1ccccc1C(=O)[C@H]2c1cccc(C)c1. The van der Waals surface area contributed by atoms with Gasteiger partial charge in [0.1, 0.15) is 0 Å². The van der Waals surface area contributed by atoms with Gasteiger partial charge in [-0.1, -0.05) is 54.1 Å². The number of rotatable bonds is 5. The van der Waals surface area contributed by atoms with Gasteiger partial charge in [0.2, 0.25) is 0 Å². The molecule has 0 radical (unpaired) electrons. The maximum Gasteiger partial charge on any atom is 0.323 e. The van der Waals surface area contributed by atoms with Crippen LogP contribution in [0.4, 0.5) is 0 Å². The lowest BCUT2D eigenvalue weighted by atomic mass is 9.67. The minimum absolute atomic E-state index is 0.0472. The highest BCUT2D eigenvalue weighted by molar-refractivity contribution is 6.05. The Morgan fingerprint density at radius 2 is 1.65 bits per heavy atom. The van der Waals surface area contributed by atoms with Gasteiger partial charge in [0, 0.05) is 5.56 Å². The van der Waals surface area contributed by atoms with E-state index >= 15 is 0 Å². The first-order chi connectivity index (χ1) is 14.9. The maximum absolute atomic E-state index is 13.6. The fourth-order valence-corrected chi connectivity index (χ4v) is 5.47. The summed E-state index contributed by atoms with van der Waals surface area (Å²) < 4.78 is 10.7. The summed E-state index contributed by atoms with van der Waals surface area (Å²) in [4.78, 5) is 39.9. The van der Waals surface area contributed by atoms with Crippen molar-refractivity contribution < 1.29 is 23.9 Å². The minimum Gasteiger partial charge on any atom is -0.465 e. The monoisotopic (exact) mass is 420 g/mol. The number of carbonyl (C=O) groups is 3. The quantitative estimate of drug-likeness (QED) is 0.523. The zero-order valence-corrected chi connectivity index (χ0v) is 18.2. The van der Waals surface area contributed by atoms with Crippen molar-refractivity contribution in [3.8, 4) is 0 Å². The molecule has 0 amide bonds. The van der Waals surface area contributed by atoms with Crippen LogP contribution in [0.15, 0.2) is 48.5 Å². The summed E-state index contributed by atoms with van der Waals surface area (Å²) in [5, 5.41) is 0. The molecule has 4 rings (SSSR count). The molecule has 5 heteroatoms. The van der Waals surface area contributed by atoms with Crippen LogP contribution in [0, 0.1) is 18.3 Å². The second-order valence-electron chi connectivity index (χ2n) is 8.54. The largest absolute Gasteiger partial charge is 0.465 e. The van der Waals surface area contributed by atoms with E-state index in [1.807, 2.05) is 55.5 Å². The summed E-state index contributed by atoms with van der Waals surface area (Å²) in [5.74, 6) is -1.74. The number of Topliss-reactive ketones (excluding diaryl/α,β-unsaturated/α-hetero) is 1. The third-order valence-electron chi connectivity index (χ3n) is 6.74. The molecular formula is C26H28O5. The lowest BCUT2D eigenvalue weighted by molar-refractivity contribution is -0.172. The van der Waals surface area contributed by atoms with Gasteiger partial charge in [0.05, 0.1) is 19.1 Å². The molecule has 162 valence electrons. The lowest BCUT2D eigenvalue weighted by Crippen LogP contribution is -2.40. The highest BCUT2D eigenvalue weighted by atomic mass is 16.6. The standard InChI is InChI=1S/C26H28O5/c1-4-30-24(28)26(25(29)31-5-2)14-20-18-11-6-7-12-19(18)23(27)22(21(20)15-26)17-10-8-9-16(3)13-17/h6-13,20-22H,4-5,14-15H2,1-3H3/t20-,21-,22+/m1/s1. The fraction of sp³-hybridized carbons (Fsp3) is 0.423. The van der Waals surface area contributed by atoms with E-state index in [2.05, 4.69) is 0 Å². The van der Waals surface area contributed by atoms with Crippen molar-refractivity contribution in [1.29, 1.82) is 0 Å². The van der Waals surface area contributed by atoms with Crippen molar-refractivity contribution >= 4 is 17.7 Å². The molecule has 31 heavy (non-hydrogen) atoms. The van der Waals surface area contributed by atoms with Crippen LogP contribution in [0.25, 0.3) is 0 Å². The predicted molar refractivity (Wildman–Crippen MR) is 116 cm³/mol. The molecule has 1 fully saturated rings. The second kappa shape index (κ2) is 8.29. The van der Waals surface area contributed by atoms with Crippen LogP contribution < -0.4 is 0 Å². The summed E-state index contributed by atoms with van der Waals surface area (Å²) in [6, 6.07) is 15.5. The topological polar surface area (TPSA) is 69.7 Å². The molecule has 2 aromatic carbocycles. The van der Waals surface area contributed by atoms with Gasteiger partial charge in [-0.3, -0.25) is 14.4 Å². The molecule has 0 aliphatic heterocycles. The first kappa shape index (κ1) is 21.3. The molecule has 0 bridgehead atoms. The Labute approximate surface area is 182 Å². The van der Waals surface area contributed by atoms with Gasteiger partial charge in [-0.2, -0.15) is 0 Å². The van der Waals surface area contributed by atoms with Crippen molar-refractivity contribution in [2.75, 3.05) is 13.2 Å². The average molecular weight is 421 g/mol. The first-order valence-electron chi connectivity index (χ1n) is 11.0. The van der Waals surface area contributed by atoms with Crippen LogP contribution >= 0.6 is 0 Å². The number of ether oxygens (including phenoxy) is 2. The van der Waals surface area contributed by atoms with E-state index in [1.165, 1.54) is 0 Å². The van der Waals surface area contributed by atoms with E-state index in [0.717, 1.165) is 16.7 Å². The van der Waals surface area contributed by atoms with E-state index < -0.39 is 23.3 Å². The van der Waals surface area contributed by atoms with Crippen LogP contribution in [0.3, 0.4) is 0 Å². The number of hydrogen-bond acceptors (Lipinski definition) is 5. The van der Waals surface area contributed by atoms with Crippen molar-refractivity contribution in [2.45, 2.75) is 45.4 Å². The highest BCUT2D eigenvalue weighted by Gasteiger charge is 2.61. The van der Waals surface area contributed by atoms with E-state index in [1.54, 1.807) is 13.8 Å². The van der Waals surface area contributed by atoms with Gasteiger partial charge >= 0.3 is 11.9 Å². The second-order valence-corrected chi connectivity index (χ2v) is 8.54.